The molecule has 20 heavy (non-hydrogen) atoms. The van der Waals surface area contributed by atoms with Crippen LogP contribution in [0.4, 0.5) is 0 Å². The van der Waals surface area contributed by atoms with Gasteiger partial charge in [-0.05, 0) is 44.6 Å². The maximum Gasteiger partial charge on any atom is 0.136 e. The molecular weight excluding hydrogens is 293 g/mol. The van der Waals surface area contributed by atoms with Gasteiger partial charge in [0, 0.05) is 29.8 Å². The number of ketones is 1. The number of carbonyl (C=O) groups excluding carboxylic acids is 1. The standard InChI is InChI=1S/C16H22ClNO.ClH/c1-18(2)11-15(12-7-9-13(17)10-8-12)14-5-3-4-6-16(14)19;/h7-10,14-15H,3-6,11H2,1-2H3;1H/t14-,15?;/m1./s1. The Morgan fingerprint density at radius 2 is 1.90 bits per heavy atom. The molecule has 2 rings (SSSR count). The number of rotatable bonds is 4. The molecule has 1 fully saturated rings. The van der Waals surface area contributed by atoms with Gasteiger partial charge in [-0.2, -0.15) is 0 Å². The van der Waals surface area contributed by atoms with Crippen molar-refractivity contribution in [1.82, 2.24) is 4.90 Å². The maximum atomic E-state index is 12.2. The minimum Gasteiger partial charge on any atom is -0.309 e. The van der Waals surface area contributed by atoms with Gasteiger partial charge in [0.15, 0.2) is 0 Å². The Balaban J connectivity index is 0.00000200. The number of hydrogen-bond acceptors (Lipinski definition) is 2. The van der Waals surface area contributed by atoms with Crippen molar-refractivity contribution in [3.05, 3.63) is 34.9 Å². The van der Waals surface area contributed by atoms with Gasteiger partial charge < -0.3 is 4.90 Å². The average molecular weight is 316 g/mol. The van der Waals surface area contributed by atoms with Crippen molar-refractivity contribution >= 4 is 29.8 Å². The summed E-state index contributed by atoms with van der Waals surface area (Å²) in [7, 11) is 4.13. The normalized spacial score (nSPS) is 20.6. The molecule has 1 unspecified atom stereocenters. The third-order valence-corrected chi connectivity index (χ3v) is 4.20. The summed E-state index contributed by atoms with van der Waals surface area (Å²) in [5.74, 6) is 0.908. The van der Waals surface area contributed by atoms with E-state index < -0.39 is 0 Å². The summed E-state index contributed by atoms with van der Waals surface area (Å²) in [6.45, 7) is 0.915. The fraction of sp³-hybridized carbons (Fsp3) is 0.562. The summed E-state index contributed by atoms with van der Waals surface area (Å²) in [6, 6.07) is 7.98. The summed E-state index contributed by atoms with van der Waals surface area (Å²) in [6.07, 6.45) is 4.01. The molecule has 112 valence electrons. The second kappa shape index (κ2) is 8.02. The van der Waals surface area contributed by atoms with Crippen LogP contribution in [-0.4, -0.2) is 31.3 Å². The van der Waals surface area contributed by atoms with Gasteiger partial charge >= 0.3 is 0 Å². The van der Waals surface area contributed by atoms with Gasteiger partial charge in [0.1, 0.15) is 5.78 Å². The SMILES string of the molecule is CN(C)CC(c1ccc(Cl)cc1)[C@H]1CCCCC1=O.Cl. The second-order valence-corrected chi connectivity index (χ2v) is 6.18. The van der Waals surface area contributed by atoms with E-state index in [9.17, 15) is 4.79 Å². The fourth-order valence-electron chi connectivity index (χ4n) is 3.00. The lowest BCUT2D eigenvalue weighted by Gasteiger charge is -2.31. The van der Waals surface area contributed by atoms with Crippen LogP contribution in [0.1, 0.15) is 37.2 Å². The van der Waals surface area contributed by atoms with Crippen molar-refractivity contribution in [2.75, 3.05) is 20.6 Å². The molecule has 0 spiro atoms. The Morgan fingerprint density at radius 1 is 1.25 bits per heavy atom. The summed E-state index contributed by atoms with van der Waals surface area (Å²) < 4.78 is 0. The molecule has 0 N–H and O–H groups in total. The number of hydrogen-bond donors (Lipinski definition) is 0. The monoisotopic (exact) mass is 315 g/mol. The van der Waals surface area contributed by atoms with Crippen LogP contribution in [0.15, 0.2) is 24.3 Å². The fourth-order valence-corrected chi connectivity index (χ4v) is 3.13. The van der Waals surface area contributed by atoms with Crippen LogP contribution in [0.3, 0.4) is 0 Å². The highest BCUT2D eigenvalue weighted by atomic mass is 35.5. The van der Waals surface area contributed by atoms with Crippen molar-refractivity contribution in [1.29, 1.82) is 0 Å². The Labute approximate surface area is 132 Å². The van der Waals surface area contributed by atoms with Crippen LogP contribution in [-0.2, 0) is 4.79 Å². The highest BCUT2D eigenvalue weighted by Gasteiger charge is 2.31. The molecule has 0 saturated heterocycles. The van der Waals surface area contributed by atoms with Gasteiger partial charge in [0.2, 0.25) is 0 Å². The Bertz CT molecular complexity index is 431. The Hall–Kier alpha value is -0.570. The molecule has 1 aromatic rings. The van der Waals surface area contributed by atoms with Crippen LogP contribution in [0, 0.1) is 5.92 Å². The van der Waals surface area contributed by atoms with E-state index in [1.165, 1.54) is 12.0 Å². The molecule has 0 aliphatic heterocycles. The first-order valence-electron chi connectivity index (χ1n) is 7.01. The van der Waals surface area contributed by atoms with E-state index in [-0.39, 0.29) is 18.3 Å². The summed E-state index contributed by atoms with van der Waals surface area (Å²) in [4.78, 5) is 14.4. The first-order chi connectivity index (χ1) is 9.08. The van der Waals surface area contributed by atoms with Crippen LogP contribution in [0.2, 0.25) is 5.02 Å². The Kier molecular flexibility index (Phi) is 7.01. The average Bonchev–Trinajstić information content (AvgIpc) is 2.38. The molecule has 0 aromatic heterocycles. The van der Waals surface area contributed by atoms with E-state index in [4.69, 9.17) is 11.6 Å². The highest BCUT2D eigenvalue weighted by molar-refractivity contribution is 6.30. The van der Waals surface area contributed by atoms with Crippen molar-refractivity contribution < 1.29 is 4.79 Å². The van der Waals surface area contributed by atoms with E-state index in [1.54, 1.807) is 0 Å². The summed E-state index contributed by atoms with van der Waals surface area (Å²) in [5.41, 5.74) is 1.23. The molecule has 2 nitrogen and oxygen atoms in total. The number of Topliss-reactive ketones (excluding diaryl/α,β-unsaturated/α-hetero) is 1. The third kappa shape index (κ3) is 4.47. The van der Waals surface area contributed by atoms with Gasteiger partial charge in [-0.3, -0.25) is 4.79 Å². The predicted octanol–water partition coefficient (Wildman–Crippen LogP) is 4.17. The smallest absolute Gasteiger partial charge is 0.136 e. The third-order valence-electron chi connectivity index (χ3n) is 3.95. The summed E-state index contributed by atoms with van der Waals surface area (Å²) in [5, 5.41) is 0.752. The van der Waals surface area contributed by atoms with E-state index in [2.05, 4.69) is 31.1 Å². The van der Waals surface area contributed by atoms with Crippen molar-refractivity contribution in [3.63, 3.8) is 0 Å². The molecule has 1 aliphatic rings. The van der Waals surface area contributed by atoms with Crippen LogP contribution in [0.5, 0.6) is 0 Å². The van der Waals surface area contributed by atoms with Gasteiger partial charge in [-0.25, -0.2) is 0 Å². The lowest BCUT2D eigenvalue weighted by Crippen LogP contribution is -2.32. The number of benzene rings is 1. The van der Waals surface area contributed by atoms with Crippen LogP contribution < -0.4 is 0 Å². The zero-order valence-corrected chi connectivity index (χ0v) is 13.7. The lowest BCUT2D eigenvalue weighted by molar-refractivity contribution is -0.125. The molecule has 0 bridgehead atoms. The van der Waals surface area contributed by atoms with Crippen molar-refractivity contribution in [2.45, 2.75) is 31.6 Å². The van der Waals surface area contributed by atoms with Gasteiger partial charge in [-0.15, -0.1) is 12.4 Å². The highest BCUT2D eigenvalue weighted by Crippen LogP contribution is 2.34. The number of likely N-dealkylation sites (N-methyl/N-ethyl adjacent to an activating group) is 1. The van der Waals surface area contributed by atoms with E-state index >= 15 is 0 Å². The molecule has 1 aliphatic carbocycles. The van der Waals surface area contributed by atoms with E-state index in [0.29, 0.717) is 11.7 Å². The number of carbonyl (C=O) groups is 1. The second-order valence-electron chi connectivity index (χ2n) is 5.74. The zero-order valence-electron chi connectivity index (χ0n) is 12.1. The van der Waals surface area contributed by atoms with Crippen LogP contribution in [0.25, 0.3) is 0 Å². The number of halogens is 2. The van der Waals surface area contributed by atoms with Gasteiger partial charge in [-0.1, -0.05) is 30.2 Å². The molecule has 1 saturated carbocycles. The first kappa shape index (κ1) is 17.5. The minimum absolute atomic E-state index is 0. The molecule has 1 aromatic carbocycles. The van der Waals surface area contributed by atoms with E-state index in [1.807, 2.05) is 12.1 Å². The molecule has 0 heterocycles. The first-order valence-corrected chi connectivity index (χ1v) is 7.38. The minimum atomic E-state index is 0. The zero-order chi connectivity index (χ0) is 13.8. The summed E-state index contributed by atoms with van der Waals surface area (Å²) >= 11 is 5.96. The van der Waals surface area contributed by atoms with E-state index in [0.717, 1.165) is 30.8 Å². The largest absolute Gasteiger partial charge is 0.309 e. The topological polar surface area (TPSA) is 20.3 Å². The lowest BCUT2D eigenvalue weighted by atomic mass is 9.76. The molecule has 0 amide bonds. The quantitative estimate of drug-likeness (QED) is 0.831. The molecule has 4 heteroatoms. The predicted molar refractivity (Wildman–Crippen MR) is 87.0 cm³/mol. The molecule has 0 radical (unpaired) electrons. The maximum absolute atomic E-state index is 12.2. The van der Waals surface area contributed by atoms with Gasteiger partial charge in [0.05, 0.1) is 0 Å². The molecular formula is C16H23Cl2NO. The van der Waals surface area contributed by atoms with Gasteiger partial charge in [0.25, 0.3) is 0 Å². The van der Waals surface area contributed by atoms with Crippen LogP contribution >= 0.6 is 24.0 Å². The number of nitrogens with zero attached hydrogens (tertiary/aromatic N) is 1. The Morgan fingerprint density at radius 3 is 2.45 bits per heavy atom. The molecule has 2 atom stereocenters. The van der Waals surface area contributed by atoms with Crippen molar-refractivity contribution in [3.8, 4) is 0 Å². The van der Waals surface area contributed by atoms with Crippen molar-refractivity contribution in [2.24, 2.45) is 5.92 Å².